The lowest BCUT2D eigenvalue weighted by atomic mass is 10.3. The highest BCUT2D eigenvalue weighted by atomic mass is 32.1. The molecule has 2 N–H and O–H groups in total. The molecule has 0 aliphatic heterocycles. The first-order valence-electron chi connectivity index (χ1n) is 7.10. The van der Waals surface area contributed by atoms with Crippen molar-refractivity contribution in [2.45, 2.75) is 25.9 Å². The van der Waals surface area contributed by atoms with E-state index in [1.54, 1.807) is 24.3 Å². The second-order valence-electron chi connectivity index (χ2n) is 4.72. The van der Waals surface area contributed by atoms with E-state index in [1.165, 1.54) is 0 Å². The number of hydrogen-bond donors (Lipinski definition) is 2. The van der Waals surface area contributed by atoms with Crippen molar-refractivity contribution in [2.24, 2.45) is 0 Å². The minimum atomic E-state index is -4.58. The number of carbonyl (C=O) groups is 1. The Kier molecular flexibility index (Phi) is 5.96. The van der Waals surface area contributed by atoms with Gasteiger partial charge in [0.1, 0.15) is 5.75 Å². The first-order valence-corrected chi connectivity index (χ1v) is 7.91. The molecule has 0 radical (unpaired) electrons. The lowest BCUT2D eigenvalue weighted by molar-refractivity contribution is -0.138. The van der Waals surface area contributed by atoms with Crippen molar-refractivity contribution in [1.29, 1.82) is 0 Å². The Labute approximate surface area is 140 Å². The summed E-state index contributed by atoms with van der Waals surface area (Å²) in [7, 11) is 0. The summed E-state index contributed by atoms with van der Waals surface area (Å²) in [5.74, 6) is 0.674. The lowest BCUT2D eigenvalue weighted by Gasteiger charge is -2.08. The number of nitrogens with one attached hydrogen (secondary N) is 2. The van der Waals surface area contributed by atoms with Crippen LogP contribution in [0.4, 0.5) is 28.8 Å². The minimum absolute atomic E-state index is 0.237. The molecule has 6 nitrogen and oxygen atoms in total. The Morgan fingerprint density at radius 1 is 1.21 bits per heavy atom. The van der Waals surface area contributed by atoms with Crippen LogP contribution in [-0.2, 0) is 6.18 Å². The largest absolute Gasteiger partial charge is 0.494 e. The smallest absolute Gasteiger partial charge is 0.445 e. The number of hydrogen-bond acceptors (Lipinski definition) is 5. The van der Waals surface area contributed by atoms with E-state index in [0.29, 0.717) is 18.0 Å². The summed E-state index contributed by atoms with van der Waals surface area (Å²) in [5.41, 5.74) is 0.468. The molecule has 0 aliphatic rings. The molecular formula is C14H15F3N4O2S. The number of anilines is 2. The highest BCUT2D eigenvalue weighted by Gasteiger charge is 2.35. The molecule has 1 aromatic carbocycles. The van der Waals surface area contributed by atoms with E-state index in [1.807, 2.05) is 0 Å². The molecule has 0 atom stereocenters. The summed E-state index contributed by atoms with van der Waals surface area (Å²) >= 11 is 0.253. The normalized spacial score (nSPS) is 11.2. The Morgan fingerprint density at radius 2 is 1.92 bits per heavy atom. The average Bonchev–Trinajstić information content (AvgIpc) is 2.98. The van der Waals surface area contributed by atoms with Gasteiger partial charge < -0.3 is 10.1 Å². The highest BCUT2D eigenvalue weighted by molar-refractivity contribution is 7.15. The number of aromatic nitrogens is 2. The van der Waals surface area contributed by atoms with Crippen LogP contribution in [0.3, 0.4) is 0 Å². The number of benzene rings is 1. The van der Waals surface area contributed by atoms with E-state index < -0.39 is 17.2 Å². The van der Waals surface area contributed by atoms with E-state index in [2.05, 4.69) is 27.8 Å². The van der Waals surface area contributed by atoms with Gasteiger partial charge in [0.25, 0.3) is 0 Å². The van der Waals surface area contributed by atoms with Crippen LogP contribution in [0, 0.1) is 0 Å². The zero-order valence-corrected chi connectivity index (χ0v) is 13.5. The number of rotatable bonds is 6. The monoisotopic (exact) mass is 360 g/mol. The molecule has 0 bridgehead atoms. The summed E-state index contributed by atoms with van der Waals surface area (Å²) in [6.45, 7) is 2.67. The average molecular weight is 360 g/mol. The van der Waals surface area contributed by atoms with Crippen LogP contribution in [0.15, 0.2) is 24.3 Å². The number of halogens is 3. The molecule has 2 rings (SSSR count). The van der Waals surface area contributed by atoms with Gasteiger partial charge in [-0.25, -0.2) is 4.79 Å². The molecule has 130 valence electrons. The van der Waals surface area contributed by atoms with E-state index in [-0.39, 0.29) is 16.5 Å². The van der Waals surface area contributed by atoms with Gasteiger partial charge in [-0.1, -0.05) is 24.7 Å². The van der Waals surface area contributed by atoms with Crippen molar-refractivity contribution in [3.05, 3.63) is 29.3 Å². The van der Waals surface area contributed by atoms with E-state index in [0.717, 1.165) is 12.8 Å². The number of carbonyl (C=O) groups excluding carboxylic acids is 1. The van der Waals surface area contributed by atoms with Crippen LogP contribution < -0.4 is 15.4 Å². The van der Waals surface area contributed by atoms with Crippen molar-refractivity contribution < 1.29 is 22.7 Å². The Hall–Kier alpha value is -2.36. The molecule has 0 spiro atoms. The number of urea groups is 1. The second-order valence-corrected chi connectivity index (χ2v) is 5.69. The number of alkyl halides is 3. The van der Waals surface area contributed by atoms with Gasteiger partial charge >= 0.3 is 12.2 Å². The van der Waals surface area contributed by atoms with Gasteiger partial charge in [0.05, 0.1) is 6.61 Å². The van der Waals surface area contributed by atoms with Gasteiger partial charge in [-0.2, -0.15) is 13.2 Å². The van der Waals surface area contributed by atoms with E-state index in [4.69, 9.17) is 4.74 Å². The Morgan fingerprint density at radius 3 is 2.50 bits per heavy atom. The van der Waals surface area contributed by atoms with Gasteiger partial charge in [-0.05, 0) is 30.7 Å². The Balaban J connectivity index is 1.87. The standard InChI is InChI=1S/C14H15F3N4O2S/c1-2-3-8-23-10-6-4-9(5-7-10)18-12(22)19-13-21-20-11(24-13)14(15,16)17/h4-7H,2-3,8H2,1H3,(H2,18,19,21,22). The molecule has 0 fully saturated rings. The minimum Gasteiger partial charge on any atom is -0.494 e. The first kappa shape index (κ1) is 18.0. The summed E-state index contributed by atoms with van der Waals surface area (Å²) in [6.07, 6.45) is -2.60. The van der Waals surface area contributed by atoms with E-state index in [9.17, 15) is 18.0 Å². The highest BCUT2D eigenvalue weighted by Crippen LogP contribution is 2.33. The van der Waals surface area contributed by atoms with Crippen LogP contribution in [-0.4, -0.2) is 22.8 Å². The Bertz CT molecular complexity index is 673. The predicted molar refractivity (Wildman–Crippen MR) is 84.4 cm³/mol. The van der Waals surface area contributed by atoms with Crippen molar-refractivity contribution in [1.82, 2.24) is 10.2 Å². The topological polar surface area (TPSA) is 76.1 Å². The van der Waals surface area contributed by atoms with Crippen LogP contribution in [0.25, 0.3) is 0 Å². The zero-order chi connectivity index (χ0) is 17.6. The quantitative estimate of drug-likeness (QED) is 0.750. The summed E-state index contributed by atoms with van der Waals surface area (Å²) in [4.78, 5) is 11.7. The lowest BCUT2D eigenvalue weighted by Crippen LogP contribution is -2.19. The number of unbranched alkanes of at least 4 members (excludes halogenated alkanes) is 1. The molecule has 0 saturated heterocycles. The van der Waals surface area contributed by atoms with Gasteiger partial charge in [0.15, 0.2) is 0 Å². The maximum Gasteiger partial charge on any atom is 0.445 e. The molecule has 24 heavy (non-hydrogen) atoms. The third kappa shape index (κ3) is 5.37. The van der Waals surface area contributed by atoms with E-state index >= 15 is 0 Å². The molecule has 10 heteroatoms. The van der Waals surface area contributed by atoms with Crippen molar-refractivity contribution in [3.63, 3.8) is 0 Å². The molecule has 1 heterocycles. The van der Waals surface area contributed by atoms with Crippen molar-refractivity contribution in [3.8, 4) is 5.75 Å². The summed E-state index contributed by atoms with van der Waals surface area (Å²) in [6, 6.07) is 5.93. The van der Waals surface area contributed by atoms with Crippen LogP contribution in [0.1, 0.15) is 24.8 Å². The van der Waals surface area contributed by atoms with Crippen LogP contribution in [0.5, 0.6) is 5.75 Å². The van der Waals surface area contributed by atoms with Crippen LogP contribution in [0.2, 0.25) is 0 Å². The summed E-state index contributed by atoms with van der Waals surface area (Å²) < 4.78 is 42.7. The molecule has 0 aliphatic carbocycles. The number of nitrogens with zero attached hydrogens (tertiary/aromatic N) is 2. The number of amides is 2. The van der Waals surface area contributed by atoms with Gasteiger partial charge in [0.2, 0.25) is 10.1 Å². The second kappa shape index (κ2) is 7.95. The molecule has 2 aromatic rings. The van der Waals surface area contributed by atoms with Crippen molar-refractivity contribution >= 4 is 28.2 Å². The van der Waals surface area contributed by atoms with Gasteiger partial charge in [-0.15, -0.1) is 10.2 Å². The SMILES string of the molecule is CCCCOc1ccc(NC(=O)Nc2nnc(C(F)(F)F)s2)cc1. The predicted octanol–water partition coefficient (Wildman–Crippen LogP) is 4.38. The maximum atomic E-state index is 12.4. The van der Waals surface area contributed by atoms with Gasteiger partial charge in [-0.3, -0.25) is 5.32 Å². The molecule has 2 amide bonds. The molecule has 1 aromatic heterocycles. The molecule has 0 saturated carbocycles. The fourth-order valence-electron chi connectivity index (χ4n) is 1.62. The van der Waals surface area contributed by atoms with Gasteiger partial charge in [0, 0.05) is 5.69 Å². The summed E-state index contributed by atoms with van der Waals surface area (Å²) in [5, 5.41) is 9.59. The zero-order valence-electron chi connectivity index (χ0n) is 12.7. The first-order chi connectivity index (χ1) is 11.4. The van der Waals surface area contributed by atoms with Crippen molar-refractivity contribution in [2.75, 3.05) is 17.2 Å². The number of ether oxygens (including phenoxy) is 1. The fourth-order valence-corrected chi connectivity index (χ4v) is 2.22. The third-order valence-electron chi connectivity index (χ3n) is 2.77. The molecular weight excluding hydrogens is 345 g/mol. The molecule has 0 unspecified atom stereocenters. The third-order valence-corrected chi connectivity index (χ3v) is 3.65. The fraction of sp³-hybridized carbons (Fsp3) is 0.357. The maximum absolute atomic E-state index is 12.4. The van der Waals surface area contributed by atoms with Crippen LogP contribution >= 0.6 is 11.3 Å².